The Bertz CT molecular complexity index is 556. The lowest BCUT2D eigenvalue weighted by molar-refractivity contribution is -0.144. The van der Waals surface area contributed by atoms with Gasteiger partial charge < -0.3 is 14.4 Å². The smallest absolute Gasteiger partial charge is 0.307 e. The lowest BCUT2D eigenvalue weighted by Crippen LogP contribution is -2.42. The molecule has 0 aliphatic heterocycles. The fourth-order valence-corrected chi connectivity index (χ4v) is 2.34. The van der Waals surface area contributed by atoms with Gasteiger partial charge in [0.25, 0.3) is 5.91 Å². The molecule has 1 amide bonds. The van der Waals surface area contributed by atoms with E-state index < -0.39 is 0 Å². The van der Waals surface area contributed by atoms with Crippen molar-refractivity contribution in [3.63, 3.8) is 0 Å². The number of rotatable bonds is 9. The van der Waals surface area contributed by atoms with Gasteiger partial charge in [0, 0.05) is 12.6 Å². The van der Waals surface area contributed by atoms with Crippen LogP contribution in [0.25, 0.3) is 0 Å². The molecule has 0 aliphatic rings. The van der Waals surface area contributed by atoms with Crippen LogP contribution in [0.15, 0.2) is 18.2 Å². The van der Waals surface area contributed by atoms with Crippen LogP contribution in [0.1, 0.15) is 44.7 Å². The minimum absolute atomic E-state index is 0.0303. The maximum Gasteiger partial charge on any atom is 0.307 e. The lowest BCUT2D eigenvalue weighted by atomic mass is 10.1. The van der Waals surface area contributed by atoms with E-state index in [2.05, 4.69) is 0 Å². The van der Waals surface area contributed by atoms with E-state index in [0.29, 0.717) is 13.2 Å². The van der Waals surface area contributed by atoms with Gasteiger partial charge in [0.2, 0.25) is 0 Å². The Hall–Kier alpha value is -2.04. The summed E-state index contributed by atoms with van der Waals surface area (Å²) in [6.45, 7) is 10.4. The Morgan fingerprint density at radius 2 is 1.92 bits per heavy atom. The summed E-state index contributed by atoms with van der Waals surface area (Å²) in [5, 5.41) is 0. The van der Waals surface area contributed by atoms with Crippen LogP contribution in [0, 0.1) is 13.8 Å². The van der Waals surface area contributed by atoms with Gasteiger partial charge in [-0.15, -0.1) is 0 Å². The van der Waals surface area contributed by atoms with Crippen LogP contribution in [0.3, 0.4) is 0 Å². The monoisotopic (exact) mass is 335 g/mol. The van der Waals surface area contributed by atoms with Crippen LogP contribution in [-0.2, 0) is 14.3 Å². The van der Waals surface area contributed by atoms with Crippen molar-refractivity contribution in [2.45, 2.75) is 53.5 Å². The maximum atomic E-state index is 12.5. The van der Waals surface area contributed by atoms with Gasteiger partial charge in [0.15, 0.2) is 6.61 Å². The molecule has 134 valence electrons. The highest BCUT2D eigenvalue weighted by Crippen LogP contribution is 2.19. The van der Waals surface area contributed by atoms with Crippen LogP contribution >= 0.6 is 0 Å². The molecule has 0 fully saturated rings. The minimum Gasteiger partial charge on any atom is -0.483 e. The summed E-state index contributed by atoms with van der Waals surface area (Å²) in [5.74, 6) is 0.321. The molecular weight excluding hydrogens is 306 g/mol. The Kier molecular flexibility index (Phi) is 8.30. The molecule has 1 aromatic carbocycles. The van der Waals surface area contributed by atoms with Crippen LogP contribution < -0.4 is 4.74 Å². The molecular formula is C19H29NO4. The van der Waals surface area contributed by atoms with Crippen molar-refractivity contribution in [2.24, 2.45) is 0 Å². The summed E-state index contributed by atoms with van der Waals surface area (Å²) < 4.78 is 10.6. The molecule has 0 radical (unpaired) electrons. The van der Waals surface area contributed by atoms with E-state index in [9.17, 15) is 9.59 Å². The number of ether oxygens (including phenoxy) is 2. The Morgan fingerprint density at radius 1 is 1.21 bits per heavy atom. The number of carbonyl (C=O) groups is 2. The quantitative estimate of drug-likeness (QED) is 0.650. The van der Waals surface area contributed by atoms with Crippen molar-refractivity contribution in [3.05, 3.63) is 29.3 Å². The molecule has 5 heteroatoms. The molecule has 0 N–H and O–H groups in total. The molecule has 0 saturated heterocycles. The molecule has 24 heavy (non-hydrogen) atoms. The molecule has 0 aromatic heterocycles. The van der Waals surface area contributed by atoms with Crippen LogP contribution in [0.2, 0.25) is 0 Å². The topological polar surface area (TPSA) is 55.8 Å². The van der Waals surface area contributed by atoms with Gasteiger partial charge in [-0.1, -0.05) is 19.1 Å². The molecule has 1 atom stereocenters. The zero-order chi connectivity index (χ0) is 18.1. The summed E-state index contributed by atoms with van der Waals surface area (Å²) in [6.07, 6.45) is 1.02. The molecule has 0 bridgehead atoms. The Labute approximate surface area is 144 Å². The number of nitrogens with zero attached hydrogens (tertiary/aromatic N) is 1. The third kappa shape index (κ3) is 6.22. The summed E-state index contributed by atoms with van der Waals surface area (Å²) in [5.41, 5.74) is 2.08. The van der Waals surface area contributed by atoms with Crippen LogP contribution in [0.4, 0.5) is 0 Å². The van der Waals surface area contributed by atoms with Crippen molar-refractivity contribution in [1.82, 2.24) is 4.90 Å². The van der Waals surface area contributed by atoms with E-state index in [0.717, 1.165) is 23.3 Å². The standard InChI is InChI=1S/C19H29NO4/c1-6-16(5)20(11-10-19(22)23-7-2)18(21)13-24-17-12-14(3)8-9-15(17)4/h8-9,12,16H,6-7,10-11,13H2,1-5H3. The first-order chi connectivity index (χ1) is 11.4. The maximum absolute atomic E-state index is 12.5. The Balaban J connectivity index is 2.67. The van der Waals surface area contributed by atoms with E-state index in [4.69, 9.17) is 9.47 Å². The van der Waals surface area contributed by atoms with Gasteiger partial charge in [0.05, 0.1) is 13.0 Å². The predicted octanol–water partition coefficient (Wildman–Crippen LogP) is 3.26. The van der Waals surface area contributed by atoms with E-state index in [1.165, 1.54) is 0 Å². The highest BCUT2D eigenvalue weighted by molar-refractivity contribution is 5.79. The minimum atomic E-state index is -0.283. The number of carbonyl (C=O) groups excluding carboxylic acids is 2. The van der Waals surface area contributed by atoms with E-state index in [1.54, 1.807) is 11.8 Å². The number of hydrogen-bond donors (Lipinski definition) is 0. The second kappa shape index (κ2) is 9.96. The number of benzene rings is 1. The highest BCUT2D eigenvalue weighted by atomic mass is 16.5. The third-order valence-corrected chi connectivity index (χ3v) is 4.00. The summed E-state index contributed by atoms with van der Waals surface area (Å²) in [4.78, 5) is 25.8. The summed E-state index contributed by atoms with van der Waals surface area (Å²) >= 11 is 0. The molecule has 1 unspecified atom stereocenters. The molecule has 0 heterocycles. The normalized spacial score (nSPS) is 11.7. The van der Waals surface area contributed by atoms with Gasteiger partial charge in [-0.05, 0) is 51.3 Å². The largest absolute Gasteiger partial charge is 0.483 e. The molecule has 0 aliphatic carbocycles. The first kappa shape index (κ1) is 20.0. The first-order valence-corrected chi connectivity index (χ1v) is 8.54. The second-order valence-electron chi connectivity index (χ2n) is 5.96. The van der Waals surface area contributed by atoms with Gasteiger partial charge in [-0.2, -0.15) is 0 Å². The molecule has 5 nitrogen and oxygen atoms in total. The predicted molar refractivity (Wildman–Crippen MR) is 94.1 cm³/mol. The molecule has 1 rings (SSSR count). The number of esters is 1. The number of aryl methyl sites for hydroxylation is 2. The average Bonchev–Trinajstić information content (AvgIpc) is 2.55. The second-order valence-corrected chi connectivity index (χ2v) is 5.96. The average molecular weight is 335 g/mol. The fraction of sp³-hybridized carbons (Fsp3) is 0.579. The first-order valence-electron chi connectivity index (χ1n) is 8.54. The van der Waals surface area contributed by atoms with Crippen LogP contribution in [-0.4, -0.2) is 42.6 Å². The van der Waals surface area contributed by atoms with Gasteiger partial charge >= 0.3 is 5.97 Å². The van der Waals surface area contributed by atoms with Crippen molar-refractivity contribution < 1.29 is 19.1 Å². The highest BCUT2D eigenvalue weighted by Gasteiger charge is 2.21. The number of amides is 1. The SMILES string of the molecule is CCOC(=O)CCN(C(=O)COc1cc(C)ccc1C)C(C)CC. The molecule has 0 spiro atoms. The molecule has 0 saturated carbocycles. The zero-order valence-electron chi connectivity index (χ0n) is 15.4. The zero-order valence-corrected chi connectivity index (χ0v) is 15.4. The lowest BCUT2D eigenvalue weighted by Gasteiger charge is -2.28. The fourth-order valence-electron chi connectivity index (χ4n) is 2.34. The van der Waals surface area contributed by atoms with Gasteiger partial charge in [-0.25, -0.2) is 0 Å². The molecule has 1 aromatic rings. The van der Waals surface area contributed by atoms with E-state index in [-0.39, 0.29) is 30.9 Å². The van der Waals surface area contributed by atoms with Gasteiger partial charge in [-0.3, -0.25) is 9.59 Å². The number of hydrogen-bond acceptors (Lipinski definition) is 4. The van der Waals surface area contributed by atoms with Crippen molar-refractivity contribution in [2.75, 3.05) is 19.8 Å². The summed E-state index contributed by atoms with van der Waals surface area (Å²) in [6, 6.07) is 5.96. The van der Waals surface area contributed by atoms with Crippen molar-refractivity contribution in [1.29, 1.82) is 0 Å². The van der Waals surface area contributed by atoms with Crippen LogP contribution in [0.5, 0.6) is 5.75 Å². The van der Waals surface area contributed by atoms with E-state index >= 15 is 0 Å². The van der Waals surface area contributed by atoms with Crippen molar-refractivity contribution >= 4 is 11.9 Å². The Morgan fingerprint density at radius 3 is 2.54 bits per heavy atom. The van der Waals surface area contributed by atoms with E-state index in [1.807, 2.05) is 45.9 Å². The van der Waals surface area contributed by atoms with Gasteiger partial charge in [0.1, 0.15) is 5.75 Å². The third-order valence-electron chi connectivity index (χ3n) is 4.00. The summed E-state index contributed by atoms with van der Waals surface area (Å²) in [7, 11) is 0. The van der Waals surface area contributed by atoms with Crippen molar-refractivity contribution in [3.8, 4) is 5.75 Å².